The minimum atomic E-state index is -4.48. The number of carbonyl (C=O) groups is 1. The Morgan fingerprint density at radius 1 is 1.19 bits per heavy atom. The lowest BCUT2D eigenvalue weighted by molar-refractivity contribution is -0.141. The smallest absolute Gasteiger partial charge is 0.435 e. The van der Waals surface area contributed by atoms with Gasteiger partial charge in [-0.05, 0) is 31.0 Å². The van der Waals surface area contributed by atoms with Gasteiger partial charge in [-0.3, -0.25) is 9.48 Å². The maximum atomic E-state index is 12.9. The van der Waals surface area contributed by atoms with E-state index in [1.165, 1.54) is 4.68 Å². The number of rotatable bonds is 5. The average Bonchev–Trinajstić information content (AvgIpc) is 3.38. The van der Waals surface area contributed by atoms with Gasteiger partial charge in [0.25, 0.3) is 0 Å². The fourth-order valence-corrected chi connectivity index (χ4v) is 3.01. The monoisotopic (exact) mass is 381 g/mol. The van der Waals surface area contributed by atoms with Crippen LogP contribution in [0.25, 0.3) is 0 Å². The first-order valence-corrected chi connectivity index (χ1v) is 8.74. The number of carbonyl (C=O) groups excluding carboxylic acids is 1. The number of anilines is 1. The SMILES string of the molecule is O=C(CCn1nc(C(F)(F)F)cc1C1CC1)Nc1ccc2c(c1)OCCO2. The van der Waals surface area contributed by atoms with Gasteiger partial charge >= 0.3 is 6.18 Å². The number of ether oxygens (including phenoxy) is 2. The molecule has 1 aliphatic heterocycles. The van der Waals surface area contributed by atoms with Gasteiger partial charge in [-0.2, -0.15) is 18.3 Å². The van der Waals surface area contributed by atoms with Crippen LogP contribution in [0, 0.1) is 0 Å². The van der Waals surface area contributed by atoms with E-state index in [4.69, 9.17) is 9.47 Å². The zero-order valence-electron chi connectivity index (χ0n) is 14.4. The van der Waals surface area contributed by atoms with Gasteiger partial charge in [0.1, 0.15) is 13.2 Å². The second-order valence-corrected chi connectivity index (χ2v) is 6.61. The number of hydrogen-bond donors (Lipinski definition) is 1. The van der Waals surface area contributed by atoms with Gasteiger partial charge in [-0.15, -0.1) is 0 Å². The number of benzene rings is 1. The third kappa shape index (κ3) is 4.01. The van der Waals surface area contributed by atoms with Gasteiger partial charge in [0.2, 0.25) is 5.91 Å². The summed E-state index contributed by atoms with van der Waals surface area (Å²) in [6, 6.07) is 6.16. The first-order chi connectivity index (χ1) is 12.9. The van der Waals surface area contributed by atoms with Crippen LogP contribution in [0.2, 0.25) is 0 Å². The van der Waals surface area contributed by atoms with Crippen molar-refractivity contribution in [2.75, 3.05) is 18.5 Å². The summed E-state index contributed by atoms with van der Waals surface area (Å²) in [7, 11) is 0. The third-order valence-corrected chi connectivity index (χ3v) is 4.47. The van der Waals surface area contributed by atoms with E-state index in [1.807, 2.05) is 0 Å². The van der Waals surface area contributed by atoms with E-state index in [0.29, 0.717) is 36.1 Å². The molecule has 1 saturated carbocycles. The molecule has 0 radical (unpaired) electrons. The summed E-state index contributed by atoms with van der Waals surface area (Å²) >= 11 is 0. The second kappa shape index (κ2) is 6.79. The van der Waals surface area contributed by atoms with Crippen LogP contribution in [-0.2, 0) is 17.5 Å². The van der Waals surface area contributed by atoms with Crippen LogP contribution >= 0.6 is 0 Å². The molecule has 0 bridgehead atoms. The zero-order chi connectivity index (χ0) is 19.0. The van der Waals surface area contributed by atoms with E-state index in [0.717, 1.165) is 18.9 Å². The van der Waals surface area contributed by atoms with Crippen LogP contribution in [0.3, 0.4) is 0 Å². The highest BCUT2D eigenvalue weighted by Crippen LogP contribution is 2.42. The molecule has 1 fully saturated rings. The number of nitrogens with one attached hydrogen (secondary N) is 1. The van der Waals surface area contributed by atoms with Gasteiger partial charge in [0.15, 0.2) is 17.2 Å². The maximum absolute atomic E-state index is 12.9. The van der Waals surface area contributed by atoms with E-state index < -0.39 is 11.9 Å². The molecule has 1 aromatic carbocycles. The molecular formula is C18H18F3N3O3. The van der Waals surface area contributed by atoms with Gasteiger partial charge in [-0.25, -0.2) is 0 Å². The van der Waals surface area contributed by atoms with E-state index in [2.05, 4.69) is 10.4 Å². The fourth-order valence-electron chi connectivity index (χ4n) is 3.01. The first-order valence-electron chi connectivity index (χ1n) is 8.74. The molecule has 0 spiro atoms. The predicted octanol–water partition coefficient (Wildman–Crippen LogP) is 3.58. The van der Waals surface area contributed by atoms with Crippen LogP contribution in [-0.4, -0.2) is 28.9 Å². The highest BCUT2D eigenvalue weighted by molar-refractivity contribution is 5.91. The highest BCUT2D eigenvalue weighted by Gasteiger charge is 2.37. The molecule has 2 aromatic rings. The minimum absolute atomic E-state index is 0.0210. The predicted molar refractivity (Wildman–Crippen MR) is 89.9 cm³/mol. The molecule has 2 heterocycles. The van der Waals surface area contributed by atoms with Crippen molar-refractivity contribution in [2.45, 2.75) is 37.9 Å². The van der Waals surface area contributed by atoms with Crippen molar-refractivity contribution in [3.63, 3.8) is 0 Å². The zero-order valence-corrected chi connectivity index (χ0v) is 14.4. The van der Waals surface area contributed by atoms with Crippen molar-refractivity contribution in [3.05, 3.63) is 35.7 Å². The Labute approximate surface area is 153 Å². The Morgan fingerprint density at radius 2 is 1.93 bits per heavy atom. The largest absolute Gasteiger partial charge is 0.486 e. The highest BCUT2D eigenvalue weighted by atomic mass is 19.4. The topological polar surface area (TPSA) is 65.4 Å². The molecule has 144 valence electrons. The van der Waals surface area contributed by atoms with Crippen molar-refractivity contribution < 1.29 is 27.4 Å². The van der Waals surface area contributed by atoms with Crippen molar-refractivity contribution in [3.8, 4) is 11.5 Å². The van der Waals surface area contributed by atoms with Crippen LogP contribution < -0.4 is 14.8 Å². The summed E-state index contributed by atoms with van der Waals surface area (Å²) in [5.41, 5.74) is 0.189. The molecule has 0 saturated heterocycles. The summed E-state index contributed by atoms with van der Waals surface area (Å²) in [6.07, 6.45) is -2.76. The molecule has 1 N–H and O–H groups in total. The molecule has 6 nitrogen and oxygen atoms in total. The van der Waals surface area contributed by atoms with Crippen molar-refractivity contribution in [1.82, 2.24) is 9.78 Å². The van der Waals surface area contributed by atoms with Crippen LogP contribution in [0.1, 0.15) is 36.6 Å². The van der Waals surface area contributed by atoms with E-state index in [9.17, 15) is 18.0 Å². The summed E-state index contributed by atoms with van der Waals surface area (Å²) in [5.74, 6) is 0.966. The number of aromatic nitrogens is 2. The first kappa shape index (κ1) is 17.7. The van der Waals surface area contributed by atoms with Crippen LogP contribution in [0.15, 0.2) is 24.3 Å². The summed E-state index contributed by atoms with van der Waals surface area (Å²) in [6.45, 7) is 1.01. The van der Waals surface area contributed by atoms with E-state index >= 15 is 0 Å². The normalized spacial score (nSPS) is 16.3. The molecule has 1 aliphatic carbocycles. The molecule has 1 amide bonds. The van der Waals surface area contributed by atoms with Gasteiger partial charge in [0, 0.05) is 36.3 Å². The minimum Gasteiger partial charge on any atom is -0.486 e. The molecule has 2 aliphatic rings. The van der Waals surface area contributed by atoms with Crippen molar-refractivity contribution >= 4 is 11.6 Å². The summed E-state index contributed by atoms with van der Waals surface area (Å²) in [4.78, 5) is 12.2. The Kier molecular flexibility index (Phi) is 4.45. The quantitative estimate of drug-likeness (QED) is 0.860. The summed E-state index contributed by atoms with van der Waals surface area (Å²) in [5, 5.41) is 6.38. The number of halogens is 3. The van der Waals surface area contributed by atoms with E-state index in [-0.39, 0.29) is 24.8 Å². The maximum Gasteiger partial charge on any atom is 0.435 e. The Morgan fingerprint density at radius 3 is 2.63 bits per heavy atom. The van der Waals surface area contributed by atoms with Crippen LogP contribution in [0.4, 0.5) is 18.9 Å². The second-order valence-electron chi connectivity index (χ2n) is 6.61. The molecule has 9 heteroatoms. The Hall–Kier alpha value is -2.71. The lowest BCUT2D eigenvalue weighted by atomic mass is 10.2. The van der Waals surface area contributed by atoms with Gasteiger partial charge in [-0.1, -0.05) is 0 Å². The third-order valence-electron chi connectivity index (χ3n) is 4.47. The van der Waals surface area contributed by atoms with Crippen molar-refractivity contribution in [1.29, 1.82) is 0 Å². The number of amides is 1. The molecule has 0 unspecified atom stereocenters. The molecule has 1 aromatic heterocycles. The molecular weight excluding hydrogens is 363 g/mol. The van der Waals surface area contributed by atoms with Crippen molar-refractivity contribution in [2.24, 2.45) is 0 Å². The van der Waals surface area contributed by atoms with E-state index in [1.54, 1.807) is 18.2 Å². The molecule has 27 heavy (non-hydrogen) atoms. The lowest BCUT2D eigenvalue weighted by Crippen LogP contribution is -2.18. The summed E-state index contributed by atoms with van der Waals surface area (Å²) < 4.78 is 50.9. The molecule has 0 atom stereocenters. The standard InChI is InChI=1S/C18H18F3N3O3/c19-18(20,21)16-10-13(11-1-2-11)24(23-16)6-5-17(25)22-12-3-4-14-15(9-12)27-8-7-26-14/h3-4,9-11H,1-2,5-8H2,(H,22,25). The Balaban J connectivity index is 1.40. The molecule has 4 rings (SSSR count). The van der Waals surface area contributed by atoms with Crippen LogP contribution in [0.5, 0.6) is 11.5 Å². The fraction of sp³-hybridized carbons (Fsp3) is 0.444. The number of alkyl halides is 3. The number of fused-ring (bicyclic) bond motifs is 1. The number of nitrogens with zero attached hydrogens (tertiary/aromatic N) is 2. The van der Waals surface area contributed by atoms with Gasteiger partial charge < -0.3 is 14.8 Å². The average molecular weight is 381 g/mol. The number of aryl methyl sites for hydroxylation is 1. The lowest BCUT2D eigenvalue weighted by Gasteiger charge is -2.19. The Bertz CT molecular complexity index is 859. The van der Waals surface area contributed by atoms with Gasteiger partial charge in [0.05, 0.1) is 0 Å². The number of hydrogen-bond acceptors (Lipinski definition) is 4.